The van der Waals surface area contributed by atoms with Gasteiger partial charge < -0.3 is 4.90 Å². The second-order valence-electron chi connectivity index (χ2n) is 5.54. The summed E-state index contributed by atoms with van der Waals surface area (Å²) in [5.41, 5.74) is 0. The van der Waals surface area contributed by atoms with Gasteiger partial charge in [0.2, 0.25) is 0 Å². The molecule has 1 saturated heterocycles. The van der Waals surface area contributed by atoms with Crippen LogP contribution >= 0.6 is 0 Å². The first-order valence-electron chi connectivity index (χ1n) is 7.19. The third kappa shape index (κ3) is 3.97. The Hall–Kier alpha value is -0.590. The molecular weight excluding hydrogens is 210 g/mol. The van der Waals surface area contributed by atoms with Gasteiger partial charge in [-0.3, -0.25) is 4.90 Å². The van der Waals surface area contributed by atoms with Gasteiger partial charge in [-0.25, -0.2) is 0 Å². The first-order valence-corrected chi connectivity index (χ1v) is 7.19. The molecule has 0 N–H and O–H groups in total. The van der Waals surface area contributed by atoms with Gasteiger partial charge in [0.25, 0.3) is 0 Å². The number of nitrogens with zero attached hydrogens (tertiary/aromatic N) is 3. The van der Waals surface area contributed by atoms with Crippen LogP contribution in [-0.2, 0) is 0 Å². The van der Waals surface area contributed by atoms with Crippen molar-refractivity contribution >= 4 is 0 Å². The summed E-state index contributed by atoms with van der Waals surface area (Å²) < 4.78 is 0. The largest absolute Gasteiger partial charge is 0.301 e. The Kier molecular flexibility index (Phi) is 4.82. The van der Waals surface area contributed by atoms with Crippen LogP contribution in [0.2, 0.25) is 0 Å². The summed E-state index contributed by atoms with van der Waals surface area (Å²) in [7, 11) is 0. The van der Waals surface area contributed by atoms with E-state index in [0.29, 0.717) is 0 Å². The first-order chi connectivity index (χ1) is 8.33. The number of hydrogen-bond acceptors (Lipinski definition) is 3. The Labute approximate surface area is 105 Å². The van der Waals surface area contributed by atoms with Gasteiger partial charge in [-0.05, 0) is 25.3 Å². The predicted octanol–water partition coefficient (Wildman–Crippen LogP) is 2.10. The molecule has 3 heteroatoms. The Bertz CT molecular complexity index is 259. The Morgan fingerprint density at radius 1 is 1.24 bits per heavy atom. The van der Waals surface area contributed by atoms with Crippen molar-refractivity contribution in [2.75, 3.05) is 32.7 Å². The Balaban J connectivity index is 1.67. The molecule has 1 aliphatic carbocycles. The molecule has 1 aliphatic heterocycles. The molecule has 0 radical (unpaired) electrons. The van der Waals surface area contributed by atoms with Gasteiger partial charge in [-0.15, -0.1) is 0 Å². The molecule has 2 fully saturated rings. The molecule has 2 rings (SSSR count). The van der Waals surface area contributed by atoms with Crippen LogP contribution in [0.15, 0.2) is 0 Å². The molecule has 0 amide bonds. The van der Waals surface area contributed by atoms with Crippen molar-refractivity contribution in [2.24, 2.45) is 5.92 Å². The van der Waals surface area contributed by atoms with E-state index in [1.54, 1.807) is 0 Å². The van der Waals surface area contributed by atoms with E-state index in [1.807, 2.05) is 0 Å². The van der Waals surface area contributed by atoms with Crippen molar-refractivity contribution in [2.45, 2.75) is 45.1 Å². The fourth-order valence-electron chi connectivity index (χ4n) is 2.67. The molecule has 1 unspecified atom stereocenters. The van der Waals surface area contributed by atoms with E-state index in [-0.39, 0.29) is 6.04 Å². The Morgan fingerprint density at radius 3 is 2.47 bits per heavy atom. The lowest BCUT2D eigenvalue weighted by Gasteiger charge is -2.36. The van der Waals surface area contributed by atoms with Crippen molar-refractivity contribution in [3.05, 3.63) is 0 Å². The lowest BCUT2D eigenvalue weighted by atomic mass is 10.1. The molecule has 0 aromatic heterocycles. The highest BCUT2D eigenvalue weighted by Gasteiger charge is 2.25. The zero-order chi connectivity index (χ0) is 12.1. The summed E-state index contributed by atoms with van der Waals surface area (Å²) in [5.74, 6) is 1.04. The standard InChI is InChI=1S/C14H25N3/c1-2-3-14(12-15)17-10-8-16(9-11-17)7-6-13-4-5-13/h13-14H,2-11H2,1H3. The molecule has 2 aliphatic rings. The molecule has 0 aromatic rings. The molecule has 3 nitrogen and oxygen atoms in total. The van der Waals surface area contributed by atoms with E-state index in [1.165, 1.54) is 25.8 Å². The van der Waals surface area contributed by atoms with Crippen LogP contribution in [0.3, 0.4) is 0 Å². The summed E-state index contributed by atoms with van der Waals surface area (Å²) in [6, 6.07) is 2.61. The number of nitriles is 1. The minimum absolute atomic E-state index is 0.158. The first kappa shape index (κ1) is 12.9. The van der Waals surface area contributed by atoms with Gasteiger partial charge in [0.15, 0.2) is 0 Å². The topological polar surface area (TPSA) is 30.3 Å². The van der Waals surface area contributed by atoms with Gasteiger partial charge in [0.05, 0.1) is 12.1 Å². The maximum atomic E-state index is 9.15. The summed E-state index contributed by atoms with van der Waals surface area (Å²) in [6.07, 6.45) is 6.47. The number of piperazine rings is 1. The van der Waals surface area contributed by atoms with Crippen molar-refractivity contribution < 1.29 is 0 Å². The van der Waals surface area contributed by atoms with E-state index < -0.39 is 0 Å². The number of hydrogen-bond donors (Lipinski definition) is 0. The van der Waals surface area contributed by atoms with Crippen molar-refractivity contribution in [1.82, 2.24) is 9.80 Å². The van der Waals surface area contributed by atoms with Crippen LogP contribution in [0.1, 0.15) is 39.0 Å². The van der Waals surface area contributed by atoms with Crippen LogP contribution in [-0.4, -0.2) is 48.6 Å². The van der Waals surface area contributed by atoms with Crippen molar-refractivity contribution in [3.63, 3.8) is 0 Å². The summed E-state index contributed by atoms with van der Waals surface area (Å²) in [5, 5.41) is 9.15. The Morgan fingerprint density at radius 2 is 1.94 bits per heavy atom. The van der Waals surface area contributed by atoms with E-state index in [4.69, 9.17) is 5.26 Å². The zero-order valence-corrected chi connectivity index (χ0v) is 11.1. The molecule has 1 atom stereocenters. The van der Waals surface area contributed by atoms with Gasteiger partial charge in [-0.1, -0.05) is 26.2 Å². The molecule has 0 aromatic carbocycles. The predicted molar refractivity (Wildman–Crippen MR) is 69.7 cm³/mol. The van der Waals surface area contributed by atoms with E-state index in [2.05, 4.69) is 22.8 Å². The van der Waals surface area contributed by atoms with Crippen LogP contribution in [0.5, 0.6) is 0 Å². The second-order valence-corrected chi connectivity index (χ2v) is 5.54. The normalized spacial score (nSPS) is 24.5. The van der Waals surface area contributed by atoms with E-state index >= 15 is 0 Å². The van der Waals surface area contributed by atoms with E-state index in [0.717, 1.165) is 44.9 Å². The third-order valence-electron chi connectivity index (χ3n) is 4.11. The third-order valence-corrected chi connectivity index (χ3v) is 4.11. The van der Waals surface area contributed by atoms with Gasteiger partial charge in [0.1, 0.15) is 0 Å². The SMILES string of the molecule is CCCC(C#N)N1CCN(CCC2CC2)CC1. The average molecular weight is 235 g/mol. The molecule has 1 heterocycles. The summed E-state index contributed by atoms with van der Waals surface area (Å²) in [6.45, 7) is 7.94. The fourth-order valence-corrected chi connectivity index (χ4v) is 2.67. The van der Waals surface area contributed by atoms with Crippen LogP contribution in [0, 0.1) is 17.2 Å². The smallest absolute Gasteiger partial charge is 0.0978 e. The minimum atomic E-state index is 0.158. The lowest BCUT2D eigenvalue weighted by molar-refractivity contribution is 0.109. The van der Waals surface area contributed by atoms with Crippen LogP contribution in [0.4, 0.5) is 0 Å². The zero-order valence-electron chi connectivity index (χ0n) is 11.1. The second kappa shape index (κ2) is 6.37. The quantitative estimate of drug-likeness (QED) is 0.706. The molecule has 17 heavy (non-hydrogen) atoms. The van der Waals surface area contributed by atoms with Crippen molar-refractivity contribution in [1.29, 1.82) is 5.26 Å². The molecule has 0 spiro atoms. The van der Waals surface area contributed by atoms with Crippen LogP contribution < -0.4 is 0 Å². The van der Waals surface area contributed by atoms with Gasteiger partial charge in [0, 0.05) is 26.2 Å². The highest BCUT2D eigenvalue weighted by atomic mass is 15.3. The highest BCUT2D eigenvalue weighted by Crippen LogP contribution is 2.32. The summed E-state index contributed by atoms with van der Waals surface area (Å²) in [4.78, 5) is 4.95. The average Bonchev–Trinajstić information content (AvgIpc) is 3.18. The van der Waals surface area contributed by atoms with Crippen molar-refractivity contribution in [3.8, 4) is 6.07 Å². The van der Waals surface area contributed by atoms with E-state index in [9.17, 15) is 0 Å². The minimum Gasteiger partial charge on any atom is -0.301 e. The van der Waals surface area contributed by atoms with Gasteiger partial charge in [-0.2, -0.15) is 5.26 Å². The van der Waals surface area contributed by atoms with Gasteiger partial charge >= 0.3 is 0 Å². The monoisotopic (exact) mass is 235 g/mol. The fraction of sp³-hybridized carbons (Fsp3) is 0.929. The maximum Gasteiger partial charge on any atom is 0.0978 e. The molecule has 0 bridgehead atoms. The molecular formula is C14H25N3. The van der Waals surface area contributed by atoms with Crippen LogP contribution in [0.25, 0.3) is 0 Å². The summed E-state index contributed by atoms with van der Waals surface area (Å²) >= 11 is 0. The molecule has 1 saturated carbocycles. The highest BCUT2D eigenvalue weighted by molar-refractivity contribution is 4.93. The number of rotatable bonds is 6. The maximum absolute atomic E-state index is 9.15. The molecule has 96 valence electrons. The lowest BCUT2D eigenvalue weighted by Crippen LogP contribution is -2.50.